The molecular weight excluding hydrogens is 499 g/mol. The lowest BCUT2D eigenvalue weighted by Crippen LogP contribution is -2.30. The molecule has 1 amide bonds. The zero-order chi connectivity index (χ0) is 24.7. The van der Waals surface area contributed by atoms with Crippen LogP contribution in [0.5, 0.6) is 11.5 Å². The molecule has 0 unspecified atom stereocenters. The summed E-state index contributed by atoms with van der Waals surface area (Å²) in [5.41, 5.74) is 1.26. The molecule has 180 valence electrons. The van der Waals surface area contributed by atoms with E-state index in [1.807, 2.05) is 12.1 Å². The molecule has 0 bridgehead atoms. The summed E-state index contributed by atoms with van der Waals surface area (Å²) >= 11 is 12.4. The van der Waals surface area contributed by atoms with E-state index in [-0.39, 0.29) is 25.6 Å². The number of ether oxygens (including phenoxy) is 2. The number of carbonyl (C=O) groups is 1. The lowest BCUT2D eigenvalue weighted by Gasteiger charge is -2.23. The van der Waals surface area contributed by atoms with Gasteiger partial charge in [0.05, 0.1) is 32.1 Å². The van der Waals surface area contributed by atoms with Gasteiger partial charge in [0.1, 0.15) is 6.61 Å². The Kier molecular flexibility index (Phi) is 8.66. The van der Waals surface area contributed by atoms with Crippen molar-refractivity contribution >= 4 is 44.8 Å². The minimum absolute atomic E-state index is 0.0385. The van der Waals surface area contributed by atoms with E-state index >= 15 is 0 Å². The van der Waals surface area contributed by atoms with Gasteiger partial charge in [0, 0.05) is 21.2 Å². The van der Waals surface area contributed by atoms with Crippen molar-refractivity contribution < 1.29 is 22.7 Å². The average Bonchev–Trinajstić information content (AvgIpc) is 2.81. The van der Waals surface area contributed by atoms with E-state index in [9.17, 15) is 13.2 Å². The minimum atomic E-state index is -3.64. The van der Waals surface area contributed by atoms with Crippen molar-refractivity contribution in [1.82, 2.24) is 5.32 Å². The van der Waals surface area contributed by atoms with Crippen LogP contribution in [0, 0.1) is 0 Å². The molecule has 7 nitrogen and oxygen atoms in total. The number of para-hydroxylation sites is 2. The van der Waals surface area contributed by atoms with E-state index in [1.54, 1.807) is 61.7 Å². The van der Waals surface area contributed by atoms with Crippen molar-refractivity contribution in [2.45, 2.75) is 6.54 Å². The van der Waals surface area contributed by atoms with Crippen LogP contribution in [-0.4, -0.2) is 40.8 Å². The Morgan fingerprint density at radius 2 is 1.56 bits per heavy atom. The number of nitrogens with zero attached hydrogens (tertiary/aromatic N) is 1. The van der Waals surface area contributed by atoms with Crippen LogP contribution in [0.15, 0.2) is 66.7 Å². The molecule has 0 aliphatic rings. The van der Waals surface area contributed by atoms with Crippen LogP contribution in [0.2, 0.25) is 10.0 Å². The molecule has 0 fully saturated rings. The molecule has 3 aromatic carbocycles. The van der Waals surface area contributed by atoms with Crippen LogP contribution in [0.25, 0.3) is 0 Å². The zero-order valence-electron chi connectivity index (χ0n) is 18.6. The number of nitrogens with one attached hydrogen (secondary N) is 1. The van der Waals surface area contributed by atoms with Gasteiger partial charge in [0.25, 0.3) is 5.91 Å². The number of carbonyl (C=O) groups excluding carboxylic acids is 1. The molecule has 1 N–H and O–H groups in total. The van der Waals surface area contributed by atoms with E-state index in [0.29, 0.717) is 38.4 Å². The number of hydrogen-bond donors (Lipinski definition) is 1. The standard InChI is InChI=1S/C24H24Cl2N2O5S/c1-32-22-8-3-4-9-23(22)33-15-14-27-24(29)17-10-12-18(13-11-17)28(34(2,30)31)16-19-20(25)6-5-7-21(19)26/h3-13H,14-16H2,1-2H3,(H,27,29). The highest BCUT2D eigenvalue weighted by molar-refractivity contribution is 7.92. The van der Waals surface area contributed by atoms with E-state index in [0.717, 1.165) is 6.26 Å². The van der Waals surface area contributed by atoms with Crippen LogP contribution >= 0.6 is 23.2 Å². The van der Waals surface area contributed by atoms with Crippen LogP contribution < -0.4 is 19.1 Å². The Balaban J connectivity index is 1.64. The molecular formula is C24H24Cl2N2O5S. The first-order valence-corrected chi connectivity index (χ1v) is 12.9. The van der Waals surface area contributed by atoms with Crippen LogP contribution in [-0.2, 0) is 16.6 Å². The molecule has 0 aromatic heterocycles. The van der Waals surface area contributed by atoms with Gasteiger partial charge in [0.2, 0.25) is 10.0 Å². The molecule has 0 aliphatic heterocycles. The SMILES string of the molecule is COc1ccccc1OCCNC(=O)c1ccc(N(Cc2c(Cl)cccc2Cl)S(C)(=O)=O)cc1. The molecule has 0 spiro atoms. The predicted molar refractivity (Wildman–Crippen MR) is 135 cm³/mol. The Labute approximate surface area is 209 Å². The molecule has 0 saturated carbocycles. The lowest BCUT2D eigenvalue weighted by atomic mass is 10.1. The summed E-state index contributed by atoms with van der Waals surface area (Å²) in [5, 5.41) is 3.50. The number of sulfonamides is 1. The van der Waals surface area contributed by atoms with Gasteiger partial charge in [-0.15, -0.1) is 0 Å². The Morgan fingerprint density at radius 3 is 2.15 bits per heavy atom. The average molecular weight is 523 g/mol. The van der Waals surface area contributed by atoms with E-state index < -0.39 is 10.0 Å². The molecule has 0 heterocycles. The van der Waals surface area contributed by atoms with Gasteiger partial charge in [-0.25, -0.2) is 8.42 Å². The topological polar surface area (TPSA) is 84.9 Å². The fraction of sp³-hybridized carbons (Fsp3) is 0.208. The van der Waals surface area contributed by atoms with E-state index in [2.05, 4.69) is 5.32 Å². The van der Waals surface area contributed by atoms with E-state index in [1.165, 1.54) is 4.31 Å². The summed E-state index contributed by atoms with van der Waals surface area (Å²) in [4.78, 5) is 12.5. The van der Waals surface area contributed by atoms with Gasteiger partial charge < -0.3 is 14.8 Å². The van der Waals surface area contributed by atoms with Crippen molar-refractivity contribution in [2.24, 2.45) is 0 Å². The number of halogens is 2. The molecule has 3 rings (SSSR count). The van der Waals surface area contributed by atoms with Gasteiger partial charge >= 0.3 is 0 Å². The highest BCUT2D eigenvalue weighted by Gasteiger charge is 2.21. The summed E-state index contributed by atoms with van der Waals surface area (Å²) in [6.07, 6.45) is 1.10. The lowest BCUT2D eigenvalue weighted by molar-refractivity contribution is 0.0947. The predicted octanol–water partition coefficient (Wildman–Crippen LogP) is 4.78. The highest BCUT2D eigenvalue weighted by atomic mass is 35.5. The number of benzene rings is 3. The number of methoxy groups -OCH3 is 1. The third-order valence-corrected chi connectivity index (χ3v) is 6.74. The molecule has 0 radical (unpaired) electrons. The van der Waals surface area contributed by atoms with Gasteiger partial charge in [-0.1, -0.05) is 41.4 Å². The fourth-order valence-corrected chi connectivity index (χ4v) is 4.56. The third kappa shape index (κ3) is 6.56. The van der Waals surface area contributed by atoms with Gasteiger partial charge in [-0.2, -0.15) is 0 Å². The second kappa shape index (κ2) is 11.5. The van der Waals surface area contributed by atoms with E-state index in [4.69, 9.17) is 32.7 Å². The molecule has 0 saturated heterocycles. The van der Waals surface area contributed by atoms with Crippen LogP contribution in [0.4, 0.5) is 5.69 Å². The summed E-state index contributed by atoms with van der Waals surface area (Å²) < 4.78 is 37.0. The highest BCUT2D eigenvalue weighted by Crippen LogP contribution is 2.29. The maximum absolute atomic E-state index is 12.5. The van der Waals surface area contributed by atoms with Gasteiger partial charge in [-0.05, 0) is 48.5 Å². The Morgan fingerprint density at radius 1 is 0.941 bits per heavy atom. The van der Waals surface area contributed by atoms with Crippen LogP contribution in [0.1, 0.15) is 15.9 Å². The normalized spacial score (nSPS) is 11.1. The Bertz CT molecular complexity index is 1230. The smallest absolute Gasteiger partial charge is 0.251 e. The Hall–Kier alpha value is -2.94. The summed E-state index contributed by atoms with van der Waals surface area (Å²) in [6.45, 7) is 0.493. The van der Waals surface area contributed by atoms with Crippen molar-refractivity contribution in [3.8, 4) is 11.5 Å². The maximum Gasteiger partial charge on any atom is 0.251 e. The second-order valence-corrected chi connectivity index (χ2v) is 9.99. The number of amides is 1. The minimum Gasteiger partial charge on any atom is -0.493 e. The zero-order valence-corrected chi connectivity index (χ0v) is 21.0. The van der Waals surface area contributed by atoms with Crippen molar-refractivity contribution in [3.63, 3.8) is 0 Å². The van der Waals surface area contributed by atoms with Crippen molar-refractivity contribution in [2.75, 3.05) is 30.8 Å². The van der Waals surface area contributed by atoms with Crippen molar-refractivity contribution in [3.05, 3.63) is 87.9 Å². The number of rotatable bonds is 10. The summed E-state index contributed by atoms with van der Waals surface area (Å²) in [6, 6.07) is 18.4. The molecule has 0 atom stereocenters. The largest absolute Gasteiger partial charge is 0.493 e. The monoisotopic (exact) mass is 522 g/mol. The molecule has 3 aromatic rings. The van der Waals surface area contributed by atoms with Crippen molar-refractivity contribution in [1.29, 1.82) is 0 Å². The maximum atomic E-state index is 12.5. The summed E-state index contributed by atoms with van der Waals surface area (Å²) in [7, 11) is -2.09. The molecule has 34 heavy (non-hydrogen) atoms. The first-order chi connectivity index (χ1) is 16.2. The summed E-state index contributed by atoms with van der Waals surface area (Å²) in [5.74, 6) is 0.885. The fourth-order valence-electron chi connectivity index (χ4n) is 3.17. The van der Waals surface area contributed by atoms with Gasteiger partial charge in [-0.3, -0.25) is 9.10 Å². The van der Waals surface area contributed by atoms with Crippen LogP contribution in [0.3, 0.4) is 0 Å². The first kappa shape index (κ1) is 25.7. The quantitative estimate of drug-likeness (QED) is 0.387. The molecule has 0 aliphatic carbocycles. The molecule has 10 heteroatoms. The number of anilines is 1. The first-order valence-electron chi connectivity index (χ1n) is 10.3. The third-order valence-electron chi connectivity index (χ3n) is 4.90. The second-order valence-electron chi connectivity index (χ2n) is 7.27. The van der Waals surface area contributed by atoms with Gasteiger partial charge in [0.15, 0.2) is 11.5 Å². The number of hydrogen-bond acceptors (Lipinski definition) is 5.